The summed E-state index contributed by atoms with van der Waals surface area (Å²) in [5.74, 6) is 2.15. The maximum Gasteiger partial charge on any atom is 0.138 e. The van der Waals surface area contributed by atoms with Crippen LogP contribution < -0.4 is 4.74 Å². The molecule has 34 heavy (non-hydrogen) atoms. The Morgan fingerprint density at radius 3 is 2.41 bits per heavy atom. The molecule has 0 bridgehead atoms. The van der Waals surface area contributed by atoms with Crippen LogP contribution in [0.4, 0.5) is 4.39 Å². The Morgan fingerprint density at radius 1 is 0.912 bits per heavy atom. The molecule has 3 aromatic carbocycles. The molecule has 0 unspecified atom stereocenters. The number of hydrogen-bond donors (Lipinski definition) is 0. The Labute approximate surface area is 205 Å². The molecule has 0 N–H and O–H groups in total. The average molecular weight is 459 g/mol. The first-order valence-electron chi connectivity index (χ1n) is 13.3. The number of ether oxygens (including phenoxy) is 1. The van der Waals surface area contributed by atoms with E-state index in [1.54, 1.807) is 6.08 Å². The molecule has 0 radical (unpaired) electrons. The van der Waals surface area contributed by atoms with E-state index in [-0.39, 0.29) is 5.82 Å². The zero-order valence-electron chi connectivity index (χ0n) is 20.7. The number of unbranched alkanes of at least 4 members (excludes halogenated alkanes) is 4. The van der Waals surface area contributed by atoms with Gasteiger partial charge in [-0.25, -0.2) is 4.39 Å². The molecule has 0 amide bonds. The van der Waals surface area contributed by atoms with E-state index in [2.05, 4.69) is 31.7 Å². The lowest BCUT2D eigenvalue weighted by atomic mass is 9.76. The number of hydrogen-bond acceptors (Lipinski definition) is 1. The van der Waals surface area contributed by atoms with Gasteiger partial charge in [0.05, 0.1) is 0 Å². The molecule has 1 aliphatic carbocycles. The summed E-state index contributed by atoms with van der Waals surface area (Å²) >= 11 is 0. The molecular weight excluding hydrogens is 419 g/mol. The molecule has 4 rings (SSSR count). The molecule has 0 saturated heterocycles. The Kier molecular flexibility index (Phi) is 8.79. The van der Waals surface area contributed by atoms with Gasteiger partial charge in [0.25, 0.3) is 0 Å². The van der Waals surface area contributed by atoms with Crippen LogP contribution in [0.5, 0.6) is 5.75 Å². The van der Waals surface area contributed by atoms with Gasteiger partial charge in [0.2, 0.25) is 0 Å². The van der Waals surface area contributed by atoms with E-state index in [0.717, 1.165) is 22.6 Å². The monoisotopic (exact) mass is 458 g/mol. The van der Waals surface area contributed by atoms with Gasteiger partial charge in [-0.05, 0) is 66.2 Å². The van der Waals surface area contributed by atoms with Crippen molar-refractivity contribution in [1.29, 1.82) is 0 Å². The molecule has 1 aliphatic rings. The molecule has 1 nitrogen and oxygen atoms in total. The van der Waals surface area contributed by atoms with Crippen molar-refractivity contribution in [3.8, 4) is 16.9 Å². The van der Waals surface area contributed by atoms with Crippen LogP contribution in [0.3, 0.4) is 0 Å². The van der Waals surface area contributed by atoms with Gasteiger partial charge in [-0.2, -0.15) is 0 Å². The van der Waals surface area contributed by atoms with Crippen molar-refractivity contribution < 1.29 is 9.13 Å². The summed E-state index contributed by atoms with van der Waals surface area (Å²) in [7, 11) is 0. The summed E-state index contributed by atoms with van der Waals surface area (Å²) < 4.78 is 21.0. The molecule has 180 valence electrons. The van der Waals surface area contributed by atoms with E-state index in [9.17, 15) is 0 Å². The van der Waals surface area contributed by atoms with Crippen molar-refractivity contribution in [1.82, 2.24) is 0 Å². The maximum absolute atomic E-state index is 15.4. The molecule has 3 aromatic rings. The van der Waals surface area contributed by atoms with Crippen LogP contribution >= 0.6 is 0 Å². The van der Waals surface area contributed by atoms with Crippen molar-refractivity contribution in [3.05, 3.63) is 78.6 Å². The quantitative estimate of drug-likeness (QED) is 0.205. The van der Waals surface area contributed by atoms with Gasteiger partial charge in [-0.15, -0.1) is 0 Å². The predicted octanol–water partition coefficient (Wildman–Crippen LogP) is 9.84. The van der Waals surface area contributed by atoms with Crippen LogP contribution in [-0.4, -0.2) is 6.61 Å². The highest BCUT2D eigenvalue weighted by molar-refractivity contribution is 5.89. The lowest BCUT2D eigenvalue weighted by Crippen LogP contribution is -2.13. The van der Waals surface area contributed by atoms with E-state index in [4.69, 9.17) is 4.74 Å². The van der Waals surface area contributed by atoms with Gasteiger partial charge in [-0.1, -0.05) is 101 Å². The average Bonchev–Trinajstić information content (AvgIpc) is 2.88. The van der Waals surface area contributed by atoms with Crippen molar-refractivity contribution in [3.63, 3.8) is 0 Å². The van der Waals surface area contributed by atoms with Crippen molar-refractivity contribution in [2.24, 2.45) is 5.92 Å². The Morgan fingerprint density at radius 2 is 1.68 bits per heavy atom. The summed E-state index contributed by atoms with van der Waals surface area (Å²) in [5.41, 5.74) is 2.88. The van der Waals surface area contributed by atoms with Crippen molar-refractivity contribution >= 4 is 10.8 Å². The number of halogens is 1. The number of rotatable bonds is 11. The highest BCUT2D eigenvalue weighted by Crippen LogP contribution is 2.39. The minimum Gasteiger partial charge on any atom is -0.490 e. The fraction of sp³-hybridized carbons (Fsp3) is 0.438. The highest BCUT2D eigenvalue weighted by atomic mass is 19.1. The van der Waals surface area contributed by atoms with E-state index in [1.165, 1.54) is 69.8 Å². The first kappa shape index (κ1) is 24.5. The molecule has 0 atom stereocenters. The summed E-state index contributed by atoms with van der Waals surface area (Å²) in [6.45, 7) is 6.41. The largest absolute Gasteiger partial charge is 0.490 e. The maximum atomic E-state index is 15.4. The third-order valence-corrected chi connectivity index (χ3v) is 7.55. The Balaban J connectivity index is 1.40. The van der Waals surface area contributed by atoms with Crippen LogP contribution in [0.15, 0.2) is 67.3 Å². The minimum absolute atomic E-state index is 0.143. The molecular formula is C32H39FO. The third kappa shape index (κ3) is 6.09. The van der Waals surface area contributed by atoms with Crippen LogP contribution in [0.1, 0.15) is 82.6 Å². The fourth-order valence-electron chi connectivity index (χ4n) is 5.49. The minimum atomic E-state index is -0.143. The lowest BCUT2D eigenvalue weighted by Gasteiger charge is -2.29. The normalized spacial score (nSPS) is 18.2. The van der Waals surface area contributed by atoms with Gasteiger partial charge in [-0.3, -0.25) is 0 Å². The van der Waals surface area contributed by atoms with Gasteiger partial charge in [0, 0.05) is 10.9 Å². The predicted molar refractivity (Wildman–Crippen MR) is 143 cm³/mol. The summed E-state index contributed by atoms with van der Waals surface area (Å²) in [6.07, 6.45) is 15.3. The third-order valence-electron chi connectivity index (χ3n) is 7.55. The zero-order valence-corrected chi connectivity index (χ0v) is 20.7. The van der Waals surface area contributed by atoms with Gasteiger partial charge in [0.15, 0.2) is 0 Å². The van der Waals surface area contributed by atoms with E-state index >= 15 is 4.39 Å². The van der Waals surface area contributed by atoms with Gasteiger partial charge < -0.3 is 4.74 Å². The topological polar surface area (TPSA) is 9.23 Å². The molecule has 0 spiro atoms. The first-order chi connectivity index (χ1) is 16.7. The summed E-state index contributed by atoms with van der Waals surface area (Å²) in [6, 6.07) is 18.0. The molecule has 0 aliphatic heterocycles. The smallest absolute Gasteiger partial charge is 0.138 e. The second kappa shape index (κ2) is 12.2. The summed E-state index contributed by atoms with van der Waals surface area (Å²) in [4.78, 5) is 0. The van der Waals surface area contributed by atoms with Crippen molar-refractivity contribution in [2.75, 3.05) is 6.61 Å². The van der Waals surface area contributed by atoms with Gasteiger partial charge in [0.1, 0.15) is 18.2 Å². The molecule has 2 heteroatoms. The summed E-state index contributed by atoms with van der Waals surface area (Å²) in [5, 5.41) is 1.71. The number of benzene rings is 3. The van der Waals surface area contributed by atoms with Crippen LogP contribution in [-0.2, 0) is 0 Å². The standard InChI is InChI=1S/C32H39FO/c1-3-5-6-7-8-9-24-10-12-25(13-11-24)27-16-20-31-28(23-27)17-21-30(32(31)33)26-14-18-29(19-15-26)34-22-4-2/h4,14-21,23-25H,2-3,5-13,22H2,1H3/t24-,25-. The first-order valence-corrected chi connectivity index (χ1v) is 13.3. The van der Waals surface area contributed by atoms with Crippen LogP contribution in [0.2, 0.25) is 0 Å². The molecule has 0 heterocycles. The second-order valence-corrected chi connectivity index (χ2v) is 9.95. The SMILES string of the molecule is C=CCOc1ccc(-c2ccc3cc([C@H]4CC[C@H](CCCCCCC)CC4)ccc3c2F)cc1. The molecule has 0 aromatic heterocycles. The van der Waals surface area contributed by atoms with Gasteiger partial charge >= 0.3 is 0 Å². The zero-order chi connectivity index (χ0) is 23.8. The van der Waals surface area contributed by atoms with Crippen LogP contribution in [0, 0.1) is 11.7 Å². The lowest BCUT2D eigenvalue weighted by molar-refractivity contribution is 0.302. The van der Waals surface area contributed by atoms with E-state index < -0.39 is 0 Å². The fourth-order valence-corrected chi connectivity index (χ4v) is 5.49. The molecule has 1 saturated carbocycles. The van der Waals surface area contributed by atoms with E-state index in [0.29, 0.717) is 23.5 Å². The van der Waals surface area contributed by atoms with E-state index in [1.807, 2.05) is 36.4 Å². The number of fused-ring (bicyclic) bond motifs is 1. The Bertz CT molecular complexity index is 1060. The highest BCUT2D eigenvalue weighted by Gasteiger charge is 2.22. The second-order valence-electron chi connectivity index (χ2n) is 9.95. The van der Waals surface area contributed by atoms with Crippen molar-refractivity contribution in [2.45, 2.75) is 77.0 Å². The molecule has 1 fully saturated rings. The Hall–Kier alpha value is -2.61. The van der Waals surface area contributed by atoms with Crippen LogP contribution in [0.25, 0.3) is 21.9 Å².